The Morgan fingerprint density at radius 3 is 2.61 bits per heavy atom. The highest BCUT2D eigenvalue weighted by molar-refractivity contribution is 7.11. The van der Waals surface area contributed by atoms with Gasteiger partial charge in [0, 0.05) is 37.3 Å². The molecule has 148 valence electrons. The molecule has 28 heavy (non-hydrogen) atoms. The molecule has 0 saturated carbocycles. The molecule has 0 aliphatic carbocycles. The quantitative estimate of drug-likeness (QED) is 0.767. The minimum atomic E-state index is 0.000173. The Morgan fingerprint density at radius 2 is 1.93 bits per heavy atom. The maximum Gasteiger partial charge on any atom is 0.227 e. The zero-order chi connectivity index (χ0) is 19.8. The average molecular weight is 400 g/mol. The number of pyridine rings is 1. The van der Waals surface area contributed by atoms with Crippen LogP contribution in [-0.2, 0) is 22.4 Å². The third-order valence-corrected chi connectivity index (χ3v) is 6.46. The van der Waals surface area contributed by atoms with Gasteiger partial charge < -0.3 is 9.80 Å². The van der Waals surface area contributed by atoms with Gasteiger partial charge in [0.25, 0.3) is 0 Å². The van der Waals surface area contributed by atoms with E-state index in [1.165, 1.54) is 0 Å². The van der Waals surface area contributed by atoms with Gasteiger partial charge in [-0.25, -0.2) is 0 Å². The molecule has 2 fully saturated rings. The smallest absolute Gasteiger partial charge is 0.227 e. The van der Waals surface area contributed by atoms with Gasteiger partial charge in [-0.1, -0.05) is 0 Å². The van der Waals surface area contributed by atoms with Crippen molar-refractivity contribution in [2.45, 2.75) is 58.5 Å². The molecule has 2 aromatic heterocycles. The Balaban J connectivity index is 1.40. The summed E-state index contributed by atoms with van der Waals surface area (Å²) >= 11 is 1.58. The Hall–Kier alpha value is -2.35. The highest BCUT2D eigenvalue weighted by atomic mass is 32.1. The largest absolute Gasteiger partial charge is 0.337 e. The van der Waals surface area contributed by atoms with E-state index in [-0.39, 0.29) is 23.9 Å². The molecular formula is C20H25N5O2S. The maximum absolute atomic E-state index is 12.9. The van der Waals surface area contributed by atoms with Crippen molar-refractivity contribution < 1.29 is 9.59 Å². The van der Waals surface area contributed by atoms with E-state index in [4.69, 9.17) is 0 Å². The molecule has 0 N–H and O–H groups in total. The predicted molar refractivity (Wildman–Crippen MR) is 106 cm³/mol. The lowest BCUT2D eigenvalue weighted by Crippen LogP contribution is -2.41. The summed E-state index contributed by atoms with van der Waals surface area (Å²) < 4.78 is 0. The van der Waals surface area contributed by atoms with Crippen molar-refractivity contribution in [1.29, 1.82) is 0 Å². The van der Waals surface area contributed by atoms with Crippen LogP contribution in [0.1, 0.15) is 39.8 Å². The van der Waals surface area contributed by atoms with Crippen molar-refractivity contribution in [3.05, 3.63) is 39.1 Å². The number of likely N-dealkylation sites (tertiary alicyclic amines) is 2. The number of fused-ring (bicyclic) bond motifs is 1. The maximum atomic E-state index is 12.9. The minimum Gasteiger partial charge on any atom is -0.337 e. The molecule has 2 aromatic rings. The van der Waals surface area contributed by atoms with Crippen molar-refractivity contribution in [3.63, 3.8) is 0 Å². The molecule has 2 saturated heterocycles. The summed E-state index contributed by atoms with van der Waals surface area (Å²) in [7, 11) is 0. The van der Waals surface area contributed by atoms with E-state index in [1.807, 2.05) is 42.7 Å². The molecular weight excluding hydrogens is 374 g/mol. The monoisotopic (exact) mass is 399 g/mol. The van der Waals surface area contributed by atoms with Gasteiger partial charge in [0.2, 0.25) is 11.8 Å². The SMILES string of the molecule is Cc1cc(CC(=O)N2CC[C@H]3[C@@H]2CC(=O)N3CCc2nnc(C)s2)cc(C)n1. The normalized spacial score (nSPS) is 21.5. The zero-order valence-electron chi connectivity index (χ0n) is 16.5. The number of amides is 2. The van der Waals surface area contributed by atoms with Crippen LogP contribution in [0, 0.1) is 20.8 Å². The van der Waals surface area contributed by atoms with Gasteiger partial charge in [-0.3, -0.25) is 14.6 Å². The lowest BCUT2D eigenvalue weighted by atomic mass is 10.1. The van der Waals surface area contributed by atoms with Crippen LogP contribution in [0.25, 0.3) is 0 Å². The van der Waals surface area contributed by atoms with Crippen LogP contribution in [0.2, 0.25) is 0 Å². The second kappa shape index (κ2) is 7.58. The number of carbonyl (C=O) groups excluding carboxylic acids is 2. The molecule has 4 heterocycles. The number of carbonyl (C=O) groups is 2. The summed E-state index contributed by atoms with van der Waals surface area (Å²) in [5.74, 6) is 0.247. The summed E-state index contributed by atoms with van der Waals surface area (Å²) in [6.07, 6.45) is 2.38. The third kappa shape index (κ3) is 3.78. The molecule has 2 atom stereocenters. The van der Waals surface area contributed by atoms with Gasteiger partial charge in [-0.05, 0) is 44.9 Å². The number of rotatable bonds is 5. The van der Waals surface area contributed by atoms with Gasteiger partial charge >= 0.3 is 0 Å². The van der Waals surface area contributed by atoms with Crippen LogP contribution >= 0.6 is 11.3 Å². The number of hydrogen-bond donors (Lipinski definition) is 0. The highest BCUT2D eigenvalue weighted by Crippen LogP contribution is 2.33. The van der Waals surface area contributed by atoms with E-state index in [0.717, 1.165) is 46.4 Å². The van der Waals surface area contributed by atoms with Crippen molar-refractivity contribution in [3.8, 4) is 0 Å². The molecule has 7 nitrogen and oxygen atoms in total. The Bertz CT molecular complexity index is 892. The van der Waals surface area contributed by atoms with Crippen LogP contribution in [-0.4, -0.2) is 62.0 Å². The topological polar surface area (TPSA) is 79.3 Å². The molecule has 2 aliphatic rings. The molecule has 0 radical (unpaired) electrons. The zero-order valence-corrected chi connectivity index (χ0v) is 17.3. The van der Waals surface area contributed by atoms with E-state index in [0.29, 0.717) is 19.4 Å². The molecule has 0 spiro atoms. The molecule has 4 rings (SSSR count). The fourth-order valence-electron chi connectivity index (χ4n) is 4.48. The van der Waals surface area contributed by atoms with Crippen molar-refractivity contribution >= 4 is 23.2 Å². The van der Waals surface area contributed by atoms with Crippen molar-refractivity contribution in [2.75, 3.05) is 13.1 Å². The van der Waals surface area contributed by atoms with E-state index >= 15 is 0 Å². The first-order valence-electron chi connectivity index (χ1n) is 9.73. The van der Waals surface area contributed by atoms with Crippen molar-refractivity contribution in [1.82, 2.24) is 25.0 Å². The first kappa shape index (κ1) is 19.0. The fourth-order valence-corrected chi connectivity index (χ4v) is 5.18. The first-order valence-corrected chi connectivity index (χ1v) is 10.5. The predicted octanol–water partition coefficient (Wildman–Crippen LogP) is 1.85. The van der Waals surface area contributed by atoms with E-state index in [1.54, 1.807) is 11.3 Å². The molecule has 0 bridgehead atoms. The average Bonchev–Trinajstić information content (AvgIpc) is 3.27. The molecule has 2 amide bonds. The minimum absolute atomic E-state index is 0.000173. The lowest BCUT2D eigenvalue weighted by Gasteiger charge is -2.25. The van der Waals surface area contributed by atoms with Gasteiger partial charge in [0.1, 0.15) is 10.0 Å². The second-order valence-corrected chi connectivity index (χ2v) is 8.97. The van der Waals surface area contributed by atoms with Gasteiger partial charge in [0.15, 0.2) is 0 Å². The molecule has 0 aromatic carbocycles. The van der Waals surface area contributed by atoms with E-state index in [9.17, 15) is 9.59 Å². The number of aromatic nitrogens is 3. The number of nitrogens with zero attached hydrogens (tertiary/aromatic N) is 5. The van der Waals surface area contributed by atoms with E-state index < -0.39 is 0 Å². The number of aryl methyl sites for hydroxylation is 3. The van der Waals surface area contributed by atoms with Crippen molar-refractivity contribution in [2.24, 2.45) is 0 Å². The van der Waals surface area contributed by atoms with Crippen LogP contribution in [0.5, 0.6) is 0 Å². The fraction of sp³-hybridized carbons (Fsp3) is 0.550. The lowest BCUT2D eigenvalue weighted by molar-refractivity contribution is -0.131. The molecule has 8 heteroatoms. The molecule has 2 aliphatic heterocycles. The van der Waals surface area contributed by atoms with Crippen LogP contribution < -0.4 is 0 Å². The van der Waals surface area contributed by atoms with E-state index in [2.05, 4.69) is 15.2 Å². The first-order chi connectivity index (χ1) is 13.4. The Morgan fingerprint density at radius 1 is 1.18 bits per heavy atom. The Labute approximate surface area is 168 Å². The number of hydrogen-bond acceptors (Lipinski definition) is 6. The highest BCUT2D eigenvalue weighted by Gasteiger charge is 2.47. The summed E-state index contributed by atoms with van der Waals surface area (Å²) in [5, 5.41) is 10.1. The molecule has 0 unspecified atom stereocenters. The third-order valence-electron chi connectivity index (χ3n) is 5.57. The second-order valence-electron chi connectivity index (χ2n) is 7.70. The standard InChI is InChI=1S/C20H25N5O2S/c1-12-8-15(9-13(2)21-12)10-19(26)25-6-4-16-17(25)11-20(27)24(16)7-5-18-23-22-14(3)28-18/h8-9,16-17H,4-7,10-11H2,1-3H3/t16-,17-/m0/s1. The summed E-state index contributed by atoms with van der Waals surface area (Å²) in [6, 6.07) is 4.06. The summed E-state index contributed by atoms with van der Waals surface area (Å²) in [4.78, 5) is 33.8. The summed E-state index contributed by atoms with van der Waals surface area (Å²) in [5.41, 5.74) is 2.85. The van der Waals surface area contributed by atoms with Crippen LogP contribution in [0.3, 0.4) is 0 Å². The van der Waals surface area contributed by atoms with Crippen LogP contribution in [0.4, 0.5) is 0 Å². The van der Waals surface area contributed by atoms with Gasteiger partial charge in [0.05, 0.1) is 18.5 Å². The van der Waals surface area contributed by atoms with Gasteiger partial charge in [-0.15, -0.1) is 21.5 Å². The Kier molecular flexibility index (Phi) is 5.14. The van der Waals surface area contributed by atoms with Gasteiger partial charge in [-0.2, -0.15) is 0 Å². The summed E-state index contributed by atoms with van der Waals surface area (Å²) in [6.45, 7) is 7.20. The van der Waals surface area contributed by atoms with Crippen LogP contribution in [0.15, 0.2) is 12.1 Å².